The van der Waals surface area contributed by atoms with E-state index < -0.39 is 22.1 Å². The SMILES string of the molecule is CC(C)N(C(=O)c1cc(F)ccc1Oc1cncnc1N1CC2(CCN(CC3CCN(S(=O)(=O)NCC(N)CCl)CC3)CC2)C1)C(C)C.Cl. The van der Waals surface area contributed by atoms with Gasteiger partial charge in [-0.1, -0.05) is 0 Å². The fourth-order valence-electron chi connectivity index (χ4n) is 7.20. The number of hydrogen-bond acceptors (Lipinski definition) is 9. The minimum Gasteiger partial charge on any atom is -0.451 e. The van der Waals surface area contributed by atoms with Gasteiger partial charge in [0.25, 0.3) is 16.1 Å². The number of nitrogens with two attached hydrogens (primary N) is 1. The second kappa shape index (κ2) is 16.8. The number of hydrogen-bond donors (Lipinski definition) is 2. The van der Waals surface area contributed by atoms with Crippen LogP contribution >= 0.6 is 24.0 Å². The molecule has 0 aliphatic carbocycles. The first-order chi connectivity index (χ1) is 22.8. The molecule has 5 rings (SSSR count). The van der Waals surface area contributed by atoms with E-state index in [0.29, 0.717) is 30.6 Å². The standard InChI is InChI=1S/C33H50ClFN8O4S.ClH/c1-23(2)43(24(3)4)32(44)28-15-26(35)5-6-29(28)47-30-18-37-22-38-31(30)41-20-33(21-41)9-13-40(14-10-33)19-25-7-11-42(12-8-25)48(45,46)39-17-27(36)16-34;/h5-6,15,18,22-25,27,39H,7-14,16-17,19-21,36H2,1-4H3;1H. The number of anilines is 1. The van der Waals surface area contributed by atoms with Crippen molar-refractivity contribution in [1.29, 1.82) is 0 Å². The van der Waals surface area contributed by atoms with Gasteiger partial charge >= 0.3 is 0 Å². The van der Waals surface area contributed by atoms with Gasteiger partial charge in [0.1, 0.15) is 17.9 Å². The summed E-state index contributed by atoms with van der Waals surface area (Å²) in [7, 11) is -3.55. The van der Waals surface area contributed by atoms with Crippen molar-refractivity contribution in [3.63, 3.8) is 0 Å². The largest absolute Gasteiger partial charge is 0.451 e. The highest BCUT2D eigenvalue weighted by Gasteiger charge is 2.46. The molecule has 3 aliphatic rings. The molecule has 3 aliphatic heterocycles. The maximum absolute atomic E-state index is 14.4. The van der Waals surface area contributed by atoms with Gasteiger partial charge in [-0.15, -0.1) is 24.0 Å². The first kappa shape index (κ1) is 39.5. The van der Waals surface area contributed by atoms with Crippen LogP contribution in [0.3, 0.4) is 0 Å². The van der Waals surface area contributed by atoms with Crippen molar-refractivity contribution in [2.75, 3.05) is 63.1 Å². The van der Waals surface area contributed by atoms with Crippen LogP contribution in [0.25, 0.3) is 0 Å². The zero-order chi connectivity index (χ0) is 34.6. The molecule has 1 amide bonds. The number of likely N-dealkylation sites (tertiary alicyclic amines) is 1. The minimum atomic E-state index is -3.55. The molecule has 12 nitrogen and oxygen atoms in total. The van der Waals surface area contributed by atoms with Gasteiger partial charge in [0.05, 0.1) is 11.8 Å². The third-order valence-electron chi connectivity index (χ3n) is 9.82. The molecule has 16 heteroatoms. The van der Waals surface area contributed by atoms with Gasteiger partial charge in [0.15, 0.2) is 11.6 Å². The highest BCUT2D eigenvalue weighted by atomic mass is 35.5. The molecule has 1 atom stereocenters. The van der Waals surface area contributed by atoms with Crippen LogP contribution in [0.1, 0.15) is 63.7 Å². The first-order valence-corrected chi connectivity index (χ1v) is 18.9. The molecule has 0 saturated carbocycles. The van der Waals surface area contributed by atoms with Crippen LogP contribution in [0.2, 0.25) is 0 Å². The van der Waals surface area contributed by atoms with Crippen molar-refractivity contribution in [3.05, 3.63) is 42.1 Å². The molecule has 0 bridgehead atoms. The molecule has 274 valence electrons. The van der Waals surface area contributed by atoms with Crippen LogP contribution < -0.4 is 20.1 Å². The number of carbonyl (C=O) groups excluding carboxylic acids is 1. The maximum atomic E-state index is 14.4. The molecule has 1 spiro atoms. The molecule has 3 fully saturated rings. The average molecular weight is 746 g/mol. The normalized spacial score (nSPS) is 19.5. The number of amides is 1. The molecular weight excluding hydrogens is 694 g/mol. The maximum Gasteiger partial charge on any atom is 0.279 e. The third-order valence-corrected chi connectivity index (χ3v) is 11.8. The molecular formula is C33H51Cl2FN8O4S. The predicted molar refractivity (Wildman–Crippen MR) is 192 cm³/mol. The zero-order valence-electron chi connectivity index (χ0n) is 28.9. The molecule has 2 aromatic rings. The smallest absolute Gasteiger partial charge is 0.279 e. The van der Waals surface area contributed by atoms with Gasteiger partial charge in [-0.3, -0.25) is 4.79 Å². The Balaban J connectivity index is 0.00000541. The second-order valence-electron chi connectivity index (χ2n) is 14.1. The first-order valence-electron chi connectivity index (χ1n) is 16.9. The number of halogens is 3. The van der Waals surface area contributed by atoms with Crippen LogP contribution in [-0.2, 0) is 10.2 Å². The van der Waals surface area contributed by atoms with Crippen molar-refractivity contribution >= 4 is 45.9 Å². The summed E-state index contributed by atoms with van der Waals surface area (Å²) in [6.45, 7) is 13.6. The lowest BCUT2D eigenvalue weighted by Gasteiger charge is -2.54. The molecule has 3 saturated heterocycles. The Morgan fingerprint density at radius 3 is 2.39 bits per heavy atom. The predicted octanol–water partition coefficient (Wildman–Crippen LogP) is 4.10. The highest BCUT2D eigenvalue weighted by molar-refractivity contribution is 7.87. The van der Waals surface area contributed by atoms with Crippen molar-refractivity contribution in [3.8, 4) is 11.5 Å². The molecule has 4 heterocycles. The van der Waals surface area contributed by atoms with Gasteiger partial charge in [0, 0.05) is 68.7 Å². The van der Waals surface area contributed by atoms with Crippen LogP contribution in [0, 0.1) is 17.2 Å². The Labute approximate surface area is 301 Å². The highest BCUT2D eigenvalue weighted by Crippen LogP contribution is 2.45. The van der Waals surface area contributed by atoms with Gasteiger partial charge in [0.2, 0.25) is 0 Å². The fraction of sp³-hybridized carbons (Fsp3) is 0.667. The number of rotatable bonds is 13. The fourth-order valence-corrected chi connectivity index (χ4v) is 8.60. The summed E-state index contributed by atoms with van der Waals surface area (Å²) in [5, 5.41) is 0. The van der Waals surface area contributed by atoms with Crippen LogP contribution in [0.15, 0.2) is 30.7 Å². The number of aromatic nitrogens is 2. The number of benzene rings is 1. The van der Waals surface area contributed by atoms with Crippen molar-refractivity contribution in [1.82, 2.24) is 28.8 Å². The van der Waals surface area contributed by atoms with Gasteiger partial charge in [-0.25, -0.2) is 19.1 Å². The second-order valence-corrected chi connectivity index (χ2v) is 16.2. The Morgan fingerprint density at radius 1 is 1.12 bits per heavy atom. The Morgan fingerprint density at radius 2 is 1.78 bits per heavy atom. The Hall–Kier alpha value is -2.33. The van der Waals surface area contributed by atoms with Crippen molar-refractivity contribution in [2.45, 2.75) is 71.5 Å². The molecule has 1 unspecified atom stereocenters. The van der Waals surface area contributed by atoms with E-state index in [-0.39, 0.29) is 59.6 Å². The topological polar surface area (TPSA) is 137 Å². The monoisotopic (exact) mass is 744 g/mol. The summed E-state index contributed by atoms with van der Waals surface area (Å²) in [5.41, 5.74) is 6.12. The van der Waals surface area contributed by atoms with E-state index in [2.05, 4.69) is 24.5 Å². The quantitative estimate of drug-likeness (QED) is 0.291. The van der Waals surface area contributed by atoms with E-state index >= 15 is 0 Å². The molecule has 0 radical (unpaired) electrons. The molecule has 3 N–H and O–H groups in total. The molecule has 49 heavy (non-hydrogen) atoms. The van der Waals surface area contributed by atoms with E-state index in [1.165, 1.54) is 28.8 Å². The van der Waals surface area contributed by atoms with Crippen molar-refractivity contribution in [2.24, 2.45) is 17.1 Å². The lowest BCUT2D eigenvalue weighted by Crippen LogP contribution is -2.61. The summed E-state index contributed by atoms with van der Waals surface area (Å²) in [4.78, 5) is 28.7. The third kappa shape index (κ3) is 9.52. The zero-order valence-corrected chi connectivity index (χ0v) is 31.2. The number of ether oxygens (including phenoxy) is 1. The Bertz CT molecular complexity index is 1510. The van der Waals surface area contributed by atoms with E-state index in [9.17, 15) is 17.6 Å². The molecule has 1 aromatic heterocycles. The van der Waals surface area contributed by atoms with Gasteiger partial charge in [-0.2, -0.15) is 12.7 Å². The van der Waals surface area contributed by atoms with Crippen LogP contribution in [-0.4, -0.2) is 115 Å². The average Bonchev–Trinajstić information content (AvgIpc) is 3.04. The Kier molecular flexibility index (Phi) is 13.5. The number of piperidine rings is 2. The number of alkyl halides is 1. The summed E-state index contributed by atoms with van der Waals surface area (Å²) in [6, 6.07) is 3.47. The number of nitrogens with zero attached hydrogens (tertiary/aromatic N) is 6. The summed E-state index contributed by atoms with van der Waals surface area (Å²) < 4.78 is 50.0. The summed E-state index contributed by atoms with van der Waals surface area (Å²) >= 11 is 5.71. The van der Waals surface area contributed by atoms with E-state index in [1.807, 2.05) is 27.7 Å². The summed E-state index contributed by atoms with van der Waals surface area (Å²) in [5.74, 6) is 1.22. The summed E-state index contributed by atoms with van der Waals surface area (Å²) in [6.07, 6.45) is 6.90. The van der Waals surface area contributed by atoms with E-state index in [4.69, 9.17) is 22.1 Å². The van der Waals surface area contributed by atoms with Gasteiger partial charge < -0.3 is 25.2 Å². The number of carbonyl (C=O) groups is 1. The lowest BCUT2D eigenvalue weighted by molar-refractivity contribution is 0.0609. The van der Waals surface area contributed by atoms with Crippen molar-refractivity contribution < 1.29 is 22.3 Å². The van der Waals surface area contributed by atoms with E-state index in [1.54, 1.807) is 11.1 Å². The van der Waals surface area contributed by atoms with E-state index in [0.717, 1.165) is 58.4 Å². The van der Waals surface area contributed by atoms with Crippen LogP contribution in [0.4, 0.5) is 10.2 Å². The van der Waals surface area contributed by atoms with Gasteiger partial charge in [-0.05, 0) is 90.6 Å². The number of nitrogens with one attached hydrogen (secondary N) is 1. The lowest BCUT2D eigenvalue weighted by atomic mass is 9.72. The molecule has 1 aromatic carbocycles. The minimum absolute atomic E-state index is 0. The van der Waals surface area contributed by atoms with Crippen LogP contribution in [0.5, 0.6) is 11.5 Å².